The Morgan fingerprint density at radius 2 is 1.97 bits per heavy atom. The van der Waals surface area contributed by atoms with Crippen molar-refractivity contribution in [2.24, 2.45) is 0 Å². The Hall–Kier alpha value is -2.58. The van der Waals surface area contributed by atoms with Gasteiger partial charge in [0.05, 0.1) is 0 Å². The van der Waals surface area contributed by atoms with E-state index in [4.69, 9.17) is 25.8 Å². The number of thioether (sulfide) groups is 1. The van der Waals surface area contributed by atoms with Gasteiger partial charge in [0.25, 0.3) is 0 Å². The third-order valence-electron chi connectivity index (χ3n) is 4.33. The molecule has 0 amide bonds. The van der Waals surface area contributed by atoms with Crippen molar-refractivity contribution < 1.29 is 14.2 Å². The number of nitrogens with zero attached hydrogens (tertiary/aromatic N) is 3. The molecule has 2 aromatic carbocycles. The molecule has 0 saturated heterocycles. The zero-order valence-corrected chi connectivity index (χ0v) is 17.5. The van der Waals surface area contributed by atoms with E-state index in [0.717, 1.165) is 52.8 Å². The maximum Gasteiger partial charge on any atom is 0.231 e. The van der Waals surface area contributed by atoms with E-state index in [0.29, 0.717) is 11.6 Å². The van der Waals surface area contributed by atoms with Gasteiger partial charge in [0.1, 0.15) is 12.4 Å². The van der Waals surface area contributed by atoms with Crippen molar-refractivity contribution in [3.8, 4) is 17.2 Å². The topological polar surface area (TPSA) is 70.4 Å². The van der Waals surface area contributed by atoms with Crippen LogP contribution in [0.25, 0.3) is 0 Å². The molecule has 0 atom stereocenters. The Morgan fingerprint density at radius 3 is 2.79 bits per heavy atom. The minimum absolute atomic E-state index is 0.283. The molecule has 0 radical (unpaired) electrons. The normalized spacial score (nSPS) is 12.2. The third kappa shape index (κ3) is 4.89. The monoisotopic (exact) mass is 432 g/mol. The van der Waals surface area contributed by atoms with Gasteiger partial charge in [-0.25, -0.2) is 0 Å². The fourth-order valence-electron chi connectivity index (χ4n) is 2.87. The lowest BCUT2D eigenvalue weighted by Crippen LogP contribution is -2.08. The molecule has 4 rings (SSSR count). The lowest BCUT2D eigenvalue weighted by molar-refractivity contribution is 0.174. The molecule has 2 heterocycles. The predicted molar refractivity (Wildman–Crippen MR) is 113 cm³/mol. The van der Waals surface area contributed by atoms with E-state index in [1.807, 2.05) is 30.3 Å². The average Bonchev–Trinajstić information content (AvgIpc) is 3.36. The number of nitrogens with one attached hydrogen (secondary N) is 1. The number of ether oxygens (including phenoxy) is 3. The minimum Gasteiger partial charge on any atom is -0.486 e. The standard InChI is InChI=1S/C20H21ClN4O3S/c1-2-25-19(12-26-16-6-3-14(21)4-7-16)23-24-20(25)29-10-9-22-15-5-8-17-18(11-15)28-13-27-17/h3-8,11,22H,2,9-10,12-13H2,1H3. The van der Waals surface area contributed by atoms with E-state index in [1.165, 1.54) is 0 Å². The van der Waals surface area contributed by atoms with Gasteiger partial charge in [-0.1, -0.05) is 23.4 Å². The average molecular weight is 433 g/mol. The van der Waals surface area contributed by atoms with Crippen LogP contribution in [-0.2, 0) is 13.2 Å². The van der Waals surface area contributed by atoms with E-state index in [9.17, 15) is 0 Å². The SMILES string of the molecule is CCn1c(COc2ccc(Cl)cc2)nnc1SCCNc1ccc2c(c1)OCO2. The first-order valence-electron chi connectivity index (χ1n) is 9.29. The molecule has 0 fully saturated rings. The number of hydrogen-bond donors (Lipinski definition) is 1. The summed E-state index contributed by atoms with van der Waals surface area (Å²) in [5.74, 6) is 3.97. The second-order valence-corrected chi connectivity index (χ2v) is 7.73. The van der Waals surface area contributed by atoms with Gasteiger partial charge < -0.3 is 24.1 Å². The number of rotatable bonds is 9. The lowest BCUT2D eigenvalue weighted by Gasteiger charge is -2.10. The van der Waals surface area contributed by atoms with Gasteiger partial charge >= 0.3 is 0 Å². The zero-order valence-electron chi connectivity index (χ0n) is 15.9. The molecular weight excluding hydrogens is 412 g/mol. The van der Waals surface area contributed by atoms with Crippen LogP contribution in [0.2, 0.25) is 5.02 Å². The van der Waals surface area contributed by atoms with E-state index < -0.39 is 0 Å². The van der Waals surface area contributed by atoms with Crippen LogP contribution < -0.4 is 19.5 Å². The smallest absolute Gasteiger partial charge is 0.231 e. The second-order valence-electron chi connectivity index (χ2n) is 6.23. The van der Waals surface area contributed by atoms with Crippen molar-refractivity contribution in [2.75, 3.05) is 24.4 Å². The summed E-state index contributed by atoms with van der Waals surface area (Å²) in [6, 6.07) is 13.1. The molecule has 9 heteroatoms. The molecule has 1 aromatic heterocycles. The number of hydrogen-bond acceptors (Lipinski definition) is 7. The van der Waals surface area contributed by atoms with Gasteiger partial charge in [-0.05, 0) is 43.3 Å². The summed E-state index contributed by atoms with van der Waals surface area (Å²) in [4.78, 5) is 0. The number of fused-ring (bicyclic) bond motifs is 1. The molecule has 7 nitrogen and oxygen atoms in total. The van der Waals surface area contributed by atoms with Crippen molar-refractivity contribution in [1.29, 1.82) is 0 Å². The maximum atomic E-state index is 5.90. The van der Waals surface area contributed by atoms with Crippen LogP contribution in [0, 0.1) is 0 Å². The molecular formula is C20H21ClN4O3S. The molecule has 1 aliphatic heterocycles. The second kappa shape index (κ2) is 9.28. The van der Waals surface area contributed by atoms with Crippen LogP contribution in [0.15, 0.2) is 47.6 Å². The van der Waals surface area contributed by atoms with Crippen molar-refractivity contribution in [3.05, 3.63) is 53.3 Å². The Labute approximate surface area is 178 Å². The van der Waals surface area contributed by atoms with Crippen molar-refractivity contribution in [2.45, 2.75) is 25.2 Å². The highest BCUT2D eigenvalue weighted by Crippen LogP contribution is 2.34. The summed E-state index contributed by atoms with van der Waals surface area (Å²) >= 11 is 7.56. The van der Waals surface area contributed by atoms with Gasteiger partial charge in [0.2, 0.25) is 6.79 Å². The molecule has 0 unspecified atom stereocenters. The van der Waals surface area contributed by atoms with Gasteiger partial charge in [0.15, 0.2) is 22.5 Å². The van der Waals surface area contributed by atoms with E-state index in [-0.39, 0.29) is 6.79 Å². The highest BCUT2D eigenvalue weighted by Gasteiger charge is 2.14. The highest BCUT2D eigenvalue weighted by molar-refractivity contribution is 7.99. The van der Waals surface area contributed by atoms with E-state index in [2.05, 4.69) is 27.0 Å². The summed E-state index contributed by atoms with van der Waals surface area (Å²) in [5.41, 5.74) is 1.00. The molecule has 0 aliphatic carbocycles. The largest absolute Gasteiger partial charge is 0.486 e. The number of halogens is 1. The molecule has 1 aliphatic rings. The van der Waals surface area contributed by atoms with Crippen molar-refractivity contribution >= 4 is 29.1 Å². The van der Waals surface area contributed by atoms with Crippen molar-refractivity contribution in [3.63, 3.8) is 0 Å². The van der Waals surface area contributed by atoms with E-state index >= 15 is 0 Å². The van der Waals surface area contributed by atoms with Crippen molar-refractivity contribution in [1.82, 2.24) is 14.8 Å². The summed E-state index contributed by atoms with van der Waals surface area (Å²) in [6.45, 7) is 4.29. The lowest BCUT2D eigenvalue weighted by atomic mass is 10.3. The summed E-state index contributed by atoms with van der Waals surface area (Å²) in [7, 11) is 0. The van der Waals surface area contributed by atoms with Crippen LogP contribution in [0.1, 0.15) is 12.7 Å². The summed E-state index contributed by atoms with van der Waals surface area (Å²) in [5, 5.41) is 13.6. The Morgan fingerprint density at radius 1 is 1.14 bits per heavy atom. The molecule has 0 saturated carbocycles. The summed E-state index contributed by atoms with van der Waals surface area (Å²) in [6.07, 6.45) is 0. The van der Waals surface area contributed by atoms with Crippen LogP contribution >= 0.6 is 23.4 Å². The van der Waals surface area contributed by atoms with Crippen LogP contribution in [0.5, 0.6) is 17.2 Å². The quantitative estimate of drug-likeness (QED) is 0.395. The minimum atomic E-state index is 0.283. The van der Waals surface area contributed by atoms with Gasteiger partial charge in [0, 0.05) is 35.6 Å². The first-order chi connectivity index (χ1) is 14.2. The van der Waals surface area contributed by atoms with E-state index in [1.54, 1.807) is 23.9 Å². The number of benzene rings is 2. The Bertz CT molecular complexity index is 965. The maximum absolute atomic E-state index is 5.90. The molecule has 3 aromatic rings. The highest BCUT2D eigenvalue weighted by atomic mass is 35.5. The molecule has 0 spiro atoms. The first kappa shape index (κ1) is 19.7. The number of aromatic nitrogens is 3. The number of anilines is 1. The first-order valence-corrected chi connectivity index (χ1v) is 10.7. The van der Waals surface area contributed by atoms with Gasteiger partial charge in [-0.15, -0.1) is 10.2 Å². The molecule has 0 bridgehead atoms. The zero-order chi connectivity index (χ0) is 20.1. The summed E-state index contributed by atoms with van der Waals surface area (Å²) < 4.78 is 18.6. The fraction of sp³-hybridized carbons (Fsp3) is 0.300. The Balaban J connectivity index is 1.28. The van der Waals surface area contributed by atoms with Crippen LogP contribution in [0.4, 0.5) is 5.69 Å². The molecule has 1 N–H and O–H groups in total. The van der Waals surface area contributed by atoms with Crippen LogP contribution in [0.3, 0.4) is 0 Å². The van der Waals surface area contributed by atoms with Gasteiger partial charge in [-0.3, -0.25) is 0 Å². The fourth-order valence-corrected chi connectivity index (χ4v) is 3.87. The predicted octanol–water partition coefficient (Wildman–Crippen LogP) is 4.46. The van der Waals surface area contributed by atoms with Crippen LogP contribution in [-0.4, -0.2) is 33.9 Å². The molecule has 152 valence electrons. The third-order valence-corrected chi connectivity index (χ3v) is 5.55. The van der Waals surface area contributed by atoms with Gasteiger partial charge in [-0.2, -0.15) is 0 Å². The molecule has 29 heavy (non-hydrogen) atoms. The Kier molecular flexibility index (Phi) is 6.31.